The van der Waals surface area contributed by atoms with Gasteiger partial charge >= 0.3 is 0 Å². The molecule has 0 aliphatic heterocycles. The first-order valence-electron chi connectivity index (χ1n) is 8.88. The molecule has 1 atom stereocenters. The Kier molecular flexibility index (Phi) is 4.06. The molecule has 6 heteroatoms. The van der Waals surface area contributed by atoms with Gasteiger partial charge in [0.25, 0.3) is 0 Å². The zero-order valence-electron chi connectivity index (χ0n) is 14.7. The van der Waals surface area contributed by atoms with E-state index < -0.39 is 6.17 Å². The molecule has 5 rings (SSSR count). The fraction of sp³-hybridized carbons (Fsp3) is 0.0455. The lowest BCUT2D eigenvalue weighted by atomic mass is 10.1. The SMILES string of the molecule is O=C(c1ccc(Br)cc1)C(n1ccc2ccccc21)n1nnc2ccccc21. The molecule has 2 aromatic heterocycles. The molecule has 0 radical (unpaired) electrons. The van der Waals surface area contributed by atoms with Crippen LogP contribution in [0.15, 0.2) is 89.5 Å². The molecule has 2 heterocycles. The zero-order chi connectivity index (χ0) is 19.1. The summed E-state index contributed by atoms with van der Waals surface area (Å²) >= 11 is 3.43. The lowest BCUT2D eigenvalue weighted by Crippen LogP contribution is -2.27. The van der Waals surface area contributed by atoms with Gasteiger partial charge in [0.2, 0.25) is 5.78 Å². The number of carbonyl (C=O) groups excluding carboxylic acids is 1. The minimum absolute atomic E-state index is 0.0514. The van der Waals surface area contributed by atoms with Gasteiger partial charge in [-0.3, -0.25) is 4.79 Å². The molecule has 0 aliphatic rings. The van der Waals surface area contributed by atoms with Crippen LogP contribution in [0.25, 0.3) is 21.9 Å². The molecule has 0 fully saturated rings. The number of hydrogen-bond donors (Lipinski definition) is 0. The van der Waals surface area contributed by atoms with Gasteiger partial charge in [-0.05, 0) is 41.8 Å². The Bertz CT molecular complexity index is 1230. The number of nitrogens with zero attached hydrogens (tertiary/aromatic N) is 4. The van der Waals surface area contributed by atoms with Crippen LogP contribution in [0, 0.1) is 0 Å². The lowest BCUT2D eigenvalue weighted by molar-refractivity contribution is 0.0901. The molecule has 0 N–H and O–H groups in total. The highest BCUT2D eigenvalue weighted by molar-refractivity contribution is 9.10. The number of aromatic nitrogens is 4. The summed E-state index contributed by atoms with van der Waals surface area (Å²) in [5, 5.41) is 9.67. The summed E-state index contributed by atoms with van der Waals surface area (Å²) in [7, 11) is 0. The summed E-state index contributed by atoms with van der Waals surface area (Å²) in [6.45, 7) is 0. The van der Waals surface area contributed by atoms with Gasteiger partial charge in [-0.1, -0.05) is 63.6 Å². The van der Waals surface area contributed by atoms with Crippen molar-refractivity contribution in [1.29, 1.82) is 0 Å². The molecule has 0 aliphatic carbocycles. The topological polar surface area (TPSA) is 52.7 Å². The minimum Gasteiger partial charge on any atom is -0.318 e. The second kappa shape index (κ2) is 6.73. The molecular weight excluding hydrogens is 416 g/mol. The quantitative estimate of drug-likeness (QED) is 0.373. The molecule has 136 valence electrons. The Balaban J connectivity index is 1.74. The van der Waals surface area contributed by atoms with Gasteiger partial charge in [-0.2, -0.15) is 0 Å². The third kappa shape index (κ3) is 2.73. The zero-order valence-corrected chi connectivity index (χ0v) is 16.3. The largest absolute Gasteiger partial charge is 0.318 e. The Hall–Kier alpha value is -3.25. The van der Waals surface area contributed by atoms with Crippen molar-refractivity contribution < 1.29 is 4.79 Å². The summed E-state index contributed by atoms with van der Waals surface area (Å²) in [6.07, 6.45) is 1.26. The first-order chi connectivity index (χ1) is 13.7. The van der Waals surface area contributed by atoms with Gasteiger partial charge in [0.05, 0.1) is 11.0 Å². The number of para-hydroxylation sites is 2. The number of rotatable bonds is 4. The minimum atomic E-state index is -0.673. The summed E-state index contributed by atoms with van der Waals surface area (Å²) in [4.78, 5) is 13.6. The average molecular weight is 431 g/mol. The number of ketones is 1. The van der Waals surface area contributed by atoms with Crippen molar-refractivity contribution in [2.75, 3.05) is 0 Å². The highest BCUT2D eigenvalue weighted by Crippen LogP contribution is 2.27. The van der Waals surface area contributed by atoms with Crippen LogP contribution in [-0.2, 0) is 0 Å². The summed E-state index contributed by atoms with van der Waals surface area (Å²) < 4.78 is 4.59. The monoisotopic (exact) mass is 430 g/mol. The molecule has 28 heavy (non-hydrogen) atoms. The fourth-order valence-electron chi connectivity index (χ4n) is 3.50. The number of fused-ring (bicyclic) bond motifs is 2. The number of benzene rings is 3. The smallest absolute Gasteiger partial charge is 0.208 e. The van der Waals surface area contributed by atoms with E-state index in [9.17, 15) is 4.79 Å². The maximum absolute atomic E-state index is 13.6. The summed E-state index contributed by atoms with van der Waals surface area (Å²) in [6, 6.07) is 25.1. The molecule has 0 bridgehead atoms. The van der Waals surface area contributed by atoms with Crippen molar-refractivity contribution in [2.45, 2.75) is 6.17 Å². The summed E-state index contributed by atoms with van der Waals surface area (Å²) in [5.41, 5.74) is 3.16. The van der Waals surface area contributed by atoms with Gasteiger partial charge in [0.15, 0.2) is 6.17 Å². The van der Waals surface area contributed by atoms with Crippen LogP contribution in [-0.4, -0.2) is 25.3 Å². The van der Waals surface area contributed by atoms with E-state index in [0.29, 0.717) is 5.56 Å². The second-order valence-electron chi connectivity index (χ2n) is 6.55. The fourth-order valence-corrected chi connectivity index (χ4v) is 3.77. The van der Waals surface area contributed by atoms with Crippen molar-refractivity contribution in [3.8, 4) is 0 Å². The van der Waals surface area contributed by atoms with Crippen molar-refractivity contribution in [3.63, 3.8) is 0 Å². The first kappa shape index (κ1) is 16.9. The van der Waals surface area contributed by atoms with Crippen LogP contribution in [0.2, 0.25) is 0 Å². The van der Waals surface area contributed by atoms with Crippen molar-refractivity contribution >= 4 is 43.6 Å². The number of Topliss-reactive ketones (excluding diaryl/α,β-unsaturated/α-hetero) is 1. The van der Waals surface area contributed by atoms with E-state index in [2.05, 4.69) is 26.2 Å². The molecule has 0 spiro atoms. The average Bonchev–Trinajstić information content (AvgIpc) is 3.34. The van der Waals surface area contributed by atoms with Gasteiger partial charge in [-0.15, -0.1) is 5.10 Å². The van der Waals surface area contributed by atoms with E-state index >= 15 is 0 Å². The van der Waals surface area contributed by atoms with Gasteiger partial charge in [0, 0.05) is 16.2 Å². The molecule has 5 nitrogen and oxygen atoms in total. The predicted octanol–water partition coefficient (Wildman–Crippen LogP) is 5.08. The highest BCUT2D eigenvalue weighted by Gasteiger charge is 2.27. The Labute approximate surface area is 169 Å². The molecule has 3 aromatic carbocycles. The maximum atomic E-state index is 13.6. The van der Waals surface area contributed by atoms with Crippen LogP contribution >= 0.6 is 15.9 Å². The van der Waals surface area contributed by atoms with E-state index in [1.807, 2.05) is 89.6 Å². The maximum Gasteiger partial charge on any atom is 0.208 e. The van der Waals surface area contributed by atoms with Crippen LogP contribution < -0.4 is 0 Å². The Morgan fingerprint density at radius 2 is 1.57 bits per heavy atom. The molecule has 1 unspecified atom stereocenters. The third-order valence-corrected chi connectivity index (χ3v) is 5.39. The van der Waals surface area contributed by atoms with E-state index in [1.165, 1.54) is 0 Å². The normalized spacial score (nSPS) is 12.5. The number of halogens is 1. The number of carbonyl (C=O) groups is 1. The highest BCUT2D eigenvalue weighted by atomic mass is 79.9. The number of hydrogen-bond acceptors (Lipinski definition) is 3. The molecule has 5 aromatic rings. The van der Waals surface area contributed by atoms with E-state index in [4.69, 9.17) is 0 Å². The third-order valence-electron chi connectivity index (χ3n) is 4.87. The molecule has 0 amide bonds. The van der Waals surface area contributed by atoms with Gasteiger partial charge in [0.1, 0.15) is 5.52 Å². The van der Waals surface area contributed by atoms with Crippen LogP contribution in [0.3, 0.4) is 0 Å². The van der Waals surface area contributed by atoms with E-state index in [-0.39, 0.29) is 5.78 Å². The van der Waals surface area contributed by atoms with Crippen molar-refractivity contribution in [2.24, 2.45) is 0 Å². The van der Waals surface area contributed by atoms with Gasteiger partial charge in [-0.25, -0.2) is 4.68 Å². The first-order valence-corrected chi connectivity index (χ1v) is 9.67. The Morgan fingerprint density at radius 1 is 0.857 bits per heavy atom. The van der Waals surface area contributed by atoms with E-state index in [0.717, 1.165) is 26.4 Å². The molecule has 0 saturated heterocycles. The van der Waals surface area contributed by atoms with Crippen LogP contribution in [0.1, 0.15) is 16.5 Å². The van der Waals surface area contributed by atoms with Gasteiger partial charge < -0.3 is 4.57 Å². The lowest BCUT2D eigenvalue weighted by Gasteiger charge is -2.20. The molecule has 0 saturated carbocycles. The Morgan fingerprint density at radius 3 is 2.39 bits per heavy atom. The second-order valence-corrected chi connectivity index (χ2v) is 7.47. The summed E-state index contributed by atoms with van der Waals surface area (Å²) in [5.74, 6) is -0.0514. The van der Waals surface area contributed by atoms with Crippen molar-refractivity contribution in [3.05, 3.63) is 95.1 Å². The standard InChI is InChI=1S/C22H15BrN4O/c23-17-11-9-16(10-12-17)21(28)22(26-14-13-15-5-1-3-7-19(15)26)27-20-8-4-2-6-18(20)24-25-27/h1-14,22H. The van der Waals surface area contributed by atoms with Crippen molar-refractivity contribution in [1.82, 2.24) is 19.6 Å². The van der Waals surface area contributed by atoms with E-state index in [1.54, 1.807) is 4.68 Å². The predicted molar refractivity (Wildman–Crippen MR) is 112 cm³/mol. The van der Waals surface area contributed by atoms with Crippen LogP contribution in [0.4, 0.5) is 0 Å². The molecular formula is C22H15BrN4O. The van der Waals surface area contributed by atoms with Crippen LogP contribution in [0.5, 0.6) is 0 Å².